The van der Waals surface area contributed by atoms with Crippen LogP contribution in [0.1, 0.15) is 116 Å². The molecule has 5 heterocycles. The minimum atomic E-state index is -1.06. The van der Waals surface area contributed by atoms with Crippen molar-refractivity contribution in [2.24, 2.45) is 0 Å². The Labute approximate surface area is 409 Å². The molecule has 9 aromatic rings. The maximum atomic E-state index is 8.68. The van der Waals surface area contributed by atoms with Crippen molar-refractivity contribution in [2.75, 3.05) is 0 Å². The van der Waals surface area contributed by atoms with Crippen molar-refractivity contribution in [3.8, 4) is 78.6 Å². The van der Waals surface area contributed by atoms with Crippen molar-refractivity contribution >= 4 is 11.0 Å². The highest BCUT2D eigenvalue weighted by Gasteiger charge is 2.68. The second kappa shape index (κ2) is 15.8. The number of hydrogen-bond donors (Lipinski definition) is 0. The Morgan fingerprint density at radius 1 is 0.594 bits per heavy atom. The Balaban J connectivity index is 1.14. The first kappa shape index (κ1) is 42.1. The van der Waals surface area contributed by atoms with Crippen molar-refractivity contribution in [1.29, 1.82) is 0 Å². The number of aromatic nitrogens is 3. The maximum Gasteiger partial charge on any atom is 0.499 e. The average molecular weight is 903 g/mol. The van der Waals surface area contributed by atoms with Gasteiger partial charge in [0.2, 0.25) is 5.69 Å². The van der Waals surface area contributed by atoms with Gasteiger partial charge in [0, 0.05) is 24.6 Å². The van der Waals surface area contributed by atoms with Gasteiger partial charge in [-0.25, -0.2) is 0 Å². The Hall–Kier alpha value is -7.04. The van der Waals surface area contributed by atoms with E-state index in [1.807, 2.05) is 13.8 Å². The molecular formula is C65H63N3O+2. The minimum Gasteiger partial charge on any atom is -0.392 e. The van der Waals surface area contributed by atoms with E-state index in [0.717, 1.165) is 93.1 Å². The molecule has 69 heavy (non-hydrogen) atoms. The summed E-state index contributed by atoms with van der Waals surface area (Å²) in [6, 6.07) is 58.6. The molecule has 4 nitrogen and oxygen atoms in total. The number of nitrogens with zero attached hydrogens (tertiary/aromatic N) is 3. The van der Waals surface area contributed by atoms with Gasteiger partial charge in [0.1, 0.15) is 22.6 Å². The second-order valence-electron chi connectivity index (χ2n) is 20.7. The number of ether oxygens (including phenoxy) is 1. The Kier molecular flexibility index (Phi) is 9.61. The van der Waals surface area contributed by atoms with Gasteiger partial charge in [-0.15, -0.1) is 9.13 Å². The van der Waals surface area contributed by atoms with Crippen LogP contribution in [-0.4, -0.2) is 4.57 Å². The first-order valence-electron chi connectivity index (χ1n) is 25.8. The Morgan fingerprint density at radius 2 is 1.22 bits per heavy atom. The largest absolute Gasteiger partial charge is 0.499 e. The van der Waals surface area contributed by atoms with Crippen LogP contribution >= 0.6 is 0 Å². The molecule has 1 spiro atoms. The van der Waals surface area contributed by atoms with Gasteiger partial charge in [0.05, 0.1) is 5.56 Å². The lowest BCUT2D eigenvalue weighted by atomic mass is 9.68. The van der Waals surface area contributed by atoms with Crippen molar-refractivity contribution in [3.05, 3.63) is 192 Å². The minimum absolute atomic E-state index is 0.0462. The van der Waals surface area contributed by atoms with Gasteiger partial charge < -0.3 is 4.74 Å². The summed E-state index contributed by atoms with van der Waals surface area (Å²) >= 11 is 0. The summed E-state index contributed by atoms with van der Waals surface area (Å²) in [5.41, 5.74) is 22.8. The van der Waals surface area contributed by atoms with E-state index >= 15 is 0 Å². The quantitative estimate of drug-likeness (QED) is 0.119. The van der Waals surface area contributed by atoms with E-state index in [1.165, 1.54) is 50.1 Å². The lowest BCUT2D eigenvalue weighted by Gasteiger charge is -2.36. The monoisotopic (exact) mass is 903 g/mol. The fourth-order valence-electron chi connectivity index (χ4n) is 12.2. The Bertz CT molecular complexity index is 3550. The lowest BCUT2D eigenvalue weighted by molar-refractivity contribution is -0.997. The van der Waals surface area contributed by atoms with E-state index in [4.69, 9.17) is 6.11 Å². The molecule has 0 fully saturated rings. The summed E-state index contributed by atoms with van der Waals surface area (Å²) in [7, 11) is 0. The summed E-state index contributed by atoms with van der Waals surface area (Å²) in [6.07, 6.45) is 6.56. The predicted molar refractivity (Wildman–Crippen MR) is 284 cm³/mol. The molecule has 0 amide bonds. The van der Waals surface area contributed by atoms with E-state index < -0.39 is 11.7 Å². The van der Waals surface area contributed by atoms with Gasteiger partial charge in [-0.1, -0.05) is 152 Å². The van der Waals surface area contributed by atoms with Gasteiger partial charge in [-0.05, 0) is 153 Å². The second-order valence-corrected chi connectivity index (χ2v) is 20.7. The van der Waals surface area contributed by atoms with E-state index in [1.54, 1.807) is 0 Å². The molecule has 3 aliphatic heterocycles. The summed E-state index contributed by atoms with van der Waals surface area (Å²) in [6.45, 7) is 20.5. The zero-order valence-electron chi connectivity index (χ0n) is 42.7. The van der Waals surface area contributed by atoms with Crippen molar-refractivity contribution in [1.82, 2.24) is 4.57 Å². The normalized spacial score (nSPS) is 15.6. The predicted octanol–water partition coefficient (Wildman–Crippen LogP) is 16.0. The fraction of sp³-hybridized carbons (Fsp3) is 0.262. The number of aryl methyl sites for hydroxylation is 1. The molecule has 0 saturated carbocycles. The molecular weight excluding hydrogens is 839 g/mol. The first-order valence-corrected chi connectivity index (χ1v) is 25.3. The van der Waals surface area contributed by atoms with E-state index in [9.17, 15) is 0 Å². The van der Waals surface area contributed by atoms with Crippen LogP contribution in [0.5, 0.6) is 5.75 Å². The van der Waals surface area contributed by atoms with Crippen LogP contribution in [0, 0.1) is 6.92 Å². The number of benzene rings is 7. The van der Waals surface area contributed by atoms with Crippen LogP contribution in [0.4, 0.5) is 0 Å². The molecule has 7 aromatic carbocycles. The third-order valence-electron chi connectivity index (χ3n) is 17.0. The molecule has 12 rings (SSSR count). The molecule has 0 saturated heterocycles. The zero-order valence-corrected chi connectivity index (χ0v) is 41.7. The molecule has 3 aliphatic rings. The van der Waals surface area contributed by atoms with Crippen LogP contribution in [0.15, 0.2) is 164 Å². The lowest BCUT2D eigenvalue weighted by Crippen LogP contribution is -2.78. The molecule has 4 heteroatoms. The van der Waals surface area contributed by atoms with Crippen LogP contribution in [0.3, 0.4) is 0 Å². The number of para-hydroxylation sites is 2. The fourth-order valence-corrected chi connectivity index (χ4v) is 12.2. The number of fused-ring (bicyclic) bond motifs is 5. The number of imidazole rings is 1. The maximum absolute atomic E-state index is 8.68. The van der Waals surface area contributed by atoms with Crippen LogP contribution in [0.2, 0.25) is 0 Å². The topological polar surface area (TPSA) is 21.9 Å². The first-order chi connectivity index (χ1) is 33.8. The molecule has 0 bridgehead atoms. The zero-order chi connectivity index (χ0) is 48.5. The van der Waals surface area contributed by atoms with E-state index in [2.05, 4.69) is 226 Å². The summed E-state index contributed by atoms with van der Waals surface area (Å²) < 4.78 is 23.9. The number of rotatable bonds is 11. The van der Waals surface area contributed by atoms with E-state index in [-0.39, 0.29) is 10.8 Å². The van der Waals surface area contributed by atoms with Crippen molar-refractivity contribution < 1.29 is 15.2 Å². The molecule has 0 N–H and O–H groups in total. The summed E-state index contributed by atoms with van der Waals surface area (Å²) in [4.78, 5) is 0. The SMILES string of the molecule is [2H]C(C)(C)c1ccc(-c2cc[n+]3c(c2)-c2cc(-c4ccccc4)cc4c2C32Oc3ccccc3-c3n(-c5ccc(-c6c(C(C)(CC)CC)cccc6C(C)(CC)CC)cc5C)c5cccc-4c5[n+]32)cc1. The molecule has 342 valence electrons. The third-order valence-corrected chi connectivity index (χ3v) is 17.0. The highest BCUT2D eigenvalue weighted by molar-refractivity contribution is 5.99. The van der Waals surface area contributed by atoms with Gasteiger partial charge in [0.25, 0.3) is 0 Å². The van der Waals surface area contributed by atoms with Crippen molar-refractivity contribution in [3.63, 3.8) is 0 Å². The van der Waals surface area contributed by atoms with Gasteiger partial charge in [-0.2, -0.15) is 4.57 Å². The van der Waals surface area contributed by atoms with Gasteiger partial charge >= 0.3 is 11.7 Å². The Morgan fingerprint density at radius 3 is 1.90 bits per heavy atom. The summed E-state index contributed by atoms with van der Waals surface area (Å²) in [5.74, 6) is 0.203. The average Bonchev–Trinajstić information content (AvgIpc) is 3.89. The molecule has 2 aromatic heterocycles. The summed E-state index contributed by atoms with van der Waals surface area (Å²) in [5, 5.41) is 0. The molecule has 1 unspecified atom stereocenters. The van der Waals surface area contributed by atoms with Crippen LogP contribution < -0.4 is 13.9 Å². The number of pyridine rings is 1. The number of hydrogen-bond acceptors (Lipinski definition) is 1. The molecule has 0 radical (unpaired) electrons. The molecule has 1 atom stereocenters. The van der Waals surface area contributed by atoms with Crippen LogP contribution in [0.25, 0.3) is 83.9 Å². The standard InChI is InChI=1S/C65H63N3O/c1-10-63(8,11-2)53-25-20-26-54(64(9,12-3)13-4)59(53)47-33-34-55(42(7)37-47)67-56-27-19-24-49-51-38-48(44-21-15-14-16-22-44)39-52-57-40-46(45-31-29-43(30-32-45)41(5)6)35-36-66(57)65(60(51)52)68(61(49)56)62(67)50-23-17-18-28-58(50)69-65/h14-41H,10-13H2,1-9H3/q+2/i41D. The molecule has 0 aliphatic carbocycles. The van der Waals surface area contributed by atoms with E-state index in [0.29, 0.717) is 0 Å². The van der Waals surface area contributed by atoms with Gasteiger partial charge in [0.15, 0.2) is 17.2 Å². The third kappa shape index (κ3) is 6.06. The van der Waals surface area contributed by atoms with Crippen molar-refractivity contribution in [2.45, 2.75) is 111 Å². The smallest absolute Gasteiger partial charge is 0.392 e. The van der Waals surface area contributed by atoms with Gasteiger partial charge in [-0.3, -0.25) is 0 Å². The highest BCUT2D eigenvalue weighted by Crippen LogP contribution is 2.55. The highest BCUT2D eigenvalue weighted by atomic mass is 16.5. The van der Waals surface area contributed by atoms with Crippen LogP contribution in [-0.2, 0) is 16.7 Å².